The van der Waals surface area contributed by atoms with Gasteiger partial charge in [0.2, 0.25) is 0 Å². The molecule has 1 aromatic rings. The number of amides is 1. The Morgan fingerprint density at radius 1 is 1.16 bits per heavy atom. The van der Waals surface area contributed by atoms with E-state index in [2.05, 4.69) is 10.6 Å². The maximum absolute atomic E-state index is 12.3. The van der Waals surface area contributed by atoms with Gasteiger partial charge in [0, 0.05) is 24.9 Å². The summed E-state index contributed by atoms with van der Waals surface area (Å²) in [6, 6.07) is 5.86. The lowest BCUT2D eigenvalue weighted by Gasteiger charge is -2.12. The number of hydrogen-bond acceptors (Lipinski definition) is 4. The van der Waals surface area contributed by atoms with Crippen LogP contribution in [0, 0.1) is 32.1 Å². The fraction of sp³-hybridized carbons (Fsp3) is 0.421. The number of unbranched alkanes of at least 4 members (excludes halogenated alkanes) is 2. The first-order valence-corrected chi connectivity index (χ1v) is 8.29. The van der Waals surface area contributed by atoms with Crippen molar-refractivity contribution >= 4 is 17.6 Å². The highest BCUT2D eigenvalue weighted by Gasteiger charge is 2.12. The molecule has 0 bridgehead atoms. The lowest BCUT2D eigenvalue weighted by atomic mass is 10.0. The van der Waals surface area contributed by atoms with E-state index in [1.54, 1.807) is 0 Å². The molecule has 0 saturated heterocycles. The predicted octanol–water partition coefficient (Wildman–Crippen LogP) is 3.19. The van der Waals surface area contributed by atoms with Crippen LogP contribution < -0.4 is 10.6 Å². The molecule has 134 valence electrons. The number of carboxylic acids is 1. The summed E-state index contributed by atoms with van der Waals surface area (Å²) in [6.45, 7) is 6.41. The maximum atomic E-state index is 12.3. The van der Waals surface area contributed by atoms with Crippen molar-refractivity contribution in [1.29, 1.82) is 5.26 Å². The molecule has 0 heterocycles. The van der Waals surface area contributed by atoms with E-state index in [-0.39, 0.29) is 12.0 Å². The molecule has 1 rings (SSSR count). The average Bonchev–Trinajstić information content (AvgIpc) is 2.53. The van der Waals surface area contributed by atoms with Crippen LogP contribution in [-0.2, 0) is 9.59 Å². The maximum Gasteiger partial charge on any atom is 0.303 e. The summed E-state index contributed by atoms with van der Waals surface area (Å²) in [5, 5.41) is 23.5. The molecule has 1 aromatic carbocycles. The van der Waals surface area contributed by atoms with Crippen LogP contribution in [0.5, 0.6) is 0 Å². The molecule has 6 heteroatoms. The molecule has 0 radical (unpaired) electrons. The number of nitrogens with zero attached hydrogens (tertiary/aromatic N) is 1. The molecule has 0 unspecified atom stereocenters. The summed E-state index contributed by atoms with van der Waals surface area (Å²) in [4.78, 5) is 22.7. The van der Waals surface area contributed by atoms with Crippen molar-refractivity contribution < 1.29 is 14.7 Å². The van der Waals surface area contributed by atoms with Gasteiger partial charge in [-0.2, -0.15) is 5.26 Å². The van der Waals surface area contributed by atoms with E-state index in [1.165, 1.54) is 6.20 Å². The Bertz CT molecular complexity index is 679. The van der Waals surface area contributed by atoms with Crippen LogP contribution in [0.15, 0.2) is 23.9 Å². The third kappa shape index (κ3) is 7.08. The van der Waals surface area contributed by atoms with Gasteiger partial charge in [0.15, 0.2) is 0 Å². The van der Waals surface area contributed by atoms with E-state index in [0.29, 0.717) is 13.0 Å². The number of anilines is 1. The first-order valence-electron chi connectivity index (χ1n) is 8.29. The number of aryl methyl sites for hydroxylation is 3. The lowest BCUT2D eigenvalue weighted by Crippen LogP contribution is -2.18. The quantitative estimate of drug-likeness (QED) is 0.363. The topological polar surface area (TPSA) is 102 Å². The van der Waals surface area contributed by atoms with Gasteiger partial charge >= 0.3 is 5.97 Å². The molecule has 0 aromatic heterocycles. The van der Waals surface area contributed by atoms with Crippen LogP contribution in [0.1, 0.15) is 42.4 Å². The number of nitrogens with one attached hydrogen (secondary N) is 2. The van der Waals surface area contributed by atoms with Gasteiger partial charge in [-0.25, -0.2) is 0 Å². The van der Waals surface area contributed by atoms with Crippen molar-refractivity contribution in [2.24, 2.45) is 0 Å². The molecule has 0 aliphatic carbocycles. The zero-order valence-corrected chi connectivity index (χ0v) is 15.0. The van der Waals surface area contributed by atoms with Gasteiger partial charge in [-0.3, -0.25) is 9.59 Å². The largest absolute Gasteiger partial charge is 0.481 e. The highest BCUT2D eigenvalue weighted by Crippen LogP contribution is 2.22. The van der Waals surface area contributed by atoms with E-state index in [0.717, 1.165) is 35.2 Å². The fourth-order valence-corrected chi connectivity index (χ4v) is 2.56. The molecule has 0 aliphatic rings. The van der Waals surface area contributed by atoms with Crippen LogP contribution in [0.25, 0.3) is 0 Å². The van der Waals surface area contributed by atoms with E-state index >= 15 is 0 Å². The molecule has 1 amide bonds. The molecule has 25 heavy (non-hydrogen) atoms. The molecule has 3 N–H and O–H groups in total. The van der Waals surface area contributed by atoms with E-state index in [4.69, 9.17) is 5.11 Å². The Morgan fingerprint density at radius 3 is 2.36 bits per heavy atom. The number of hydrogen-bond donors (Lipinski definition) is 3. The lowest BCUT2D eigenvalue weighted by molar-refractivity contribution is -0.137. The van der Waals surface area contributed by atoms with Gasteiger partial charge in [-0.05, 0) is 44.7 Å². The minimum Gasteiger partial charge on any atom is -0.481 e. The van der Waals surface area contributed by atoms with Gasteiger partial charge in [0.1, 0.15) is 11.6 Å². The number of carbonyl (C=O) groups excluding carboxylic acids is 1. The second-order valence-electron chi connectivity index (χ2n) is 6.06. The number of carboxylic acid groups (broad SMARTS) is 1. The van der Waals surface area contributed by atoms with Crippen LogP contribution in [-0.4, -0.2) is 23.5 Å². The van der Waals surface area contributed by atoms with Crippen molar-refractivity contribution in [2.75, 3.05) is 11.9 Å². The fourth-order valence-electron chi connectivity index (χ4n) is 2.56. The van der Waals surface area contributed by atoms with Crippen LogP contribution >= 0.6 is 0 Å². The van der Waals surface area contributed by atoms with Crippen LogP contribution in [0.3, 0.4) is 0 Å². The van der Waals surface area contributed by atoms with Crippen molar-refractivity contribution in [1.82, 2.24) is 5.32 Å². The third-order valence-electron chi connectivity index (χ3n) is 3.74. The first kappa shape index (κ1) is 20.2. The van der Waals surface area contributed by atoms with Crippen molar-refractivity contribution in [2.45, 2.75) is 46.5 Å². The Kier molecular flexibility index (Phi) is 8.21. The number of rotatable bonds is 9. The Hall–Kier alpha value is -2.81. The first-order chi connectivity index (χ1) is 11.8. The van der Waals surface area contributed by atoms with Gasteiger partial charge in [-0.1, -0.05) is 24.1 Å². The number of aliphatic carboxylic acids is 1. The summed E-state index contributed by atoms with van der Waals surface area (Å²) in [5.41, 5.74) is 3.76. The van der Waals surface area contributed by atoms with E-state index < -0.39 is 11.9 Å². The van der Waals surface area contributed by atoms with Gasteiger partial charge in [0.05, 0.1) is 0 Å². The summed E-state index contributed by atoms with van der Waals surface area (Å²) in [5.74, 6) is -1.24. The summed E-state index contributed by atoms with van der Waals surface area (Å²) in [7, 11) is 0. The Morgan fingerprint density at radius 2 is 1.80 bits per heavy atom. The summed E-state index contributed by atoms with van der Waals surface area (Å²) in [6.07, 6.45) is 3.75. The number of nitriles is 1. The minimum absolute atomic E-state index is 0.00455. The predicted molar refractivity (Wildman–Crippen MR) is 97.1 cm³/mol. The number of carbonyl (C=O) groups is 2. The number of benzene rings is 1. The molecule has 0 saturated carbocycles. The molecular formula is C19H25N3O3. The second-order valence-corrected chi connectivity index (χ2v) is 6.06. The normalized spacial score (nSPS) is 10.9. The SMILES string of the molecule is Cc1cc(C)c(NC(=O)/C(C#N)=C\NCCCCCC(=O)O)c(C)c1. The Balaban J connectivity index is 2.55. The standard InChI is InChI=1S/C19H25N3O3/c1-13-9-14(2)18(15(3)10-13)22-19(25)16(11-20)12-21-8-6-4-5-7-17(23)24/h9-10,12,21H,4-8H2,1-3H3,(H,22,25)(H,23,24)/b16-12-. The van der Waals surface area contributed by atoms with Crippen molar-refractivity contribution in [3.8, 4) is 6.07 Å². The Labute approximate surface area is 148 Å². The van der Waals surface area contributed by atoms with E-state index in [1.807, 2.05) is 39.0 Å². The molecule has 0 aliphatic heterocycles. The molecular weight excluding hydrogens is 318 g/mol. The van der Waals surface area contributed by atoms with Gasteiger partial charge in [0.25, 0.3) is 5.91 Å². The monoisotopic (exact) mass is 343 g/mol. The summed E-state index contributed by atoms with van der Waals surface area (Å²) < 4.78 is 0. The second kappa shape index (κ2) is 10.1. The highest BCUT2D eigenvalue weighted by molar-refractivity contribution is 6.07. The van der Waals surface area contributed by atoms with Crippen molar-refractivity contribution in [3.63, 3.8) is 0 Å². The third-order valence-corrected chi connectivity index (χ3v) is 3.74. The zero-order valence-electron chi connectivity index (χ0n) is 15.0. The van der Waals surface area contributed by atoms with Crippen LogP contribution in [0.2, 0.25) is 0 Å². The minimum atomic E-state index is -0.794. The van der Waals surface area contributed by atoms with Gasteiger partial charge < -0.3 is 15.7 Å². The molecule has 0 fully saturated rings. The molecule has 0 atom stereocenters. The van der Waals surface area contributed by atoms with Crippen molar-refractivity contribution in [3.05, 3.63) is 40.6 Å². The van der Waals surface area contributed by atoms with Crippen LogP contribution in [0.4, 0.5) is 5.69 Å². The van der Waals surface area contributed by atoms with Gasteiger partial charge in [-0.15, -0.1) is 0 Å². The summed E-state index contributed by atoms with van der Waals surface area (Å²) >= 11 is 0. The zero-order chi connectivity index (χ0) is 18.8. The average molecular weight is 343 g/mol. The molecule has 6 nitrogen and oxygen atoms in total. The highest BCUT2D eigenvalue weighted by atomic mass is 16.4. The van der Waals surface area contributed by atoms with E-state index in [9.17, 15) is 14.9 Å². The molecule has 0 spiro atoms. The smallest absolute Gasteiger partial charge is 0.303 e.